The van der Waals surface area contributed by atoms with Crippen LogP contribution in [0.3, 0.4) is 0 Å². The average molecular weight is 258 g/mol. The lowest BCUT2D eigenvalue weighted by molar-refractivity contribution is 0.0652. The number of benzene rings is 1. The molecule has 0 unspecified atom stereocenters. The van der Waals surface area contributed by atoms with E-state index in [1.54, 1.807) is 13.2 Å². The van der Waals surface area contributed by atoms with Crippen molar-refractivity contribution in [2.75, 3.05) is 7.11 Å². The maximum absolute atomic E-state index is 10.8. The number of carbonyl (C=O) groups is 1. The summed E-state index contributed by atoms with van der Waals surface area (Å²) < 4.78 is 10.1. The number of methoxy groups -OCH3 is 1. The van der Waals surface area contributed by atoms with E-state index in [1.165, 1.54) is 6.07 Å². The molecule has 2 aromatic heterocycles. The highest BCUT2D eigenvalue weighted by atomic mass is 16.5. The van der Waals surface area contributed by atoms with E-state index in [0.29, 0.717) is 11.4 Å². The molecule has 0 atom stereocenters. The largest absolute Gasteiger partial charge is 0.496 e. The van der Waals surface area contributed by atoms with Crippen molar-refractivity contribution in [3.63, 3.8) is 0 Å². The molecular weight excluding hydrogens is 248 g/mol. The summed E-state index contributed by atoms with van der Waals surface area (Å²) in [5.41, 5.74) is 2.06. The number of rotatable bonds is 3. The van der Waals surface area contributed by atoms with Gasteiger partial charge in [0.15, 0.2) is 0 Å². The molecule has 0 aliphatic rings. The van der Waals surface area contributed by atoms with Gasteiger partial charge in [0.25, 0.3) is 0 Å². The van der Waals surface area contributed by atoms with E-state index >= 15 is 0 Å². The first-order valence-electron chi connectivity index (χ1n) is 5.54. The molecule has 0 aliphatic carbocycles. The molecule has 0 radical (unpaired) electrons. The second-order valence-corrected chi connectivity index (χ2v) is 4.00. The number of fused-ring (bicyclic) bond motifs is 1. The lowest BCUT2D eigenvalue weighted by atomic mass is 10.1. The second kappa shape index (κ2) is 4.16. The van der Waals surface area contributed by atoms with E-state index < -0.39 is 5.97 Å². The van der Waals surface area contributed by atoms with Crippen LogP contribution in [0.2, 0.25) is 0 Å². The summed E-state index contributed by atoms with van der Waals surface area (Å²) >= 11 is 0. The number of hydrogen-bond donors (Lipinski definition) is 2. The first-order chi connectivity index (χ1) is 9.19. The van der Waals surface area contributed by atoms with Crippen LogP contribution < -0.4 is 4.74 Å². The van der Waals surface area contributed by atoms with Crippen LogP contribution in [0.5, 0.6) is 5.75 Å². The van der Waals surface area contributed by atoms with Gasteiger partial charge in [-0.05, 0) is 18.2 Å². The van der Waals surface area contributed by atoms with Gasteiger partial charge in [0.2, 0.25) is 5.76 Å². The topological polar surface area (TPSA) is 88.3 Å². The standard InChI is InChI=1S/C13H10N2O4/c1-18-11-5-7(4-10-8(11)2-3-14-10)9-6-12(13(16)17)19-15-9/h2-6,14H,1H3,(H,16,17). The zero-order valence-corrected chi connectivity index (χ0v) is 10.0. The minimum absolute atomic E-state index is 0.194. The number of nitrogens with zero attached hydrogens (tertiary/aromatic N) is 1. The van der Waals surface area contributed by atoms with E-state index in [4.69, 9.17) is 14.4 Å². The summed E-state index contributed by atoms with van der Waals surface area (Å²) in [4.78, 5) is 13.9. The maximum atomic E-state index is 10.8. The molecular formula is C13H10N2O4. The fraction of sp³-hybridized carbons (Fsp3) is 0.0769. The van der Waals surface area contributed by atoms with E-state index in [2.05, 4.69) is 10.1 Å². The summed E-state index contributed by atoms with van der Waals surface area (Å²) in [5, 5.41) is 13.5. The SMILES string of the molecule is COc1cc(-c2cc(C(=O)O)on2)cc2[nH]ccc12. The fourth-order valence-electron chi connectivity index (χ4n) is 1.96. The summed E-state index contributed by atoms with van der Waals surface area (Å²) in [6.45, 7) is 0. The van der Waals surface area contributed by atoms with Crippen molar-refractivity contribution in [1.29, 1.82) is 0 Å². The van der Waals surface area contributed by atoms with Crippen molar-refractivity contribution in [3.8, 4) is 17.0 Å². The number of carboxylic acid groups (broad SMARTS) is 1. The summed E-state index contributed by atoms with van der Waals surface area (Å²) in [7, 11) is 1.58. The molecule has 0 fully saturated rings. The molecule has 2 heterocycles. The van der Waals surface area contributed by atoms with Crippen LogP contribution in [0.1, 0.15) is 10.6 Å². The van der Waals surface area contributed by atoms with Gasteiger partial charge >= 0.3 is 5.97 Å². The normalized spacial score (nSPS) is 10.8. The van der Waals surface area contributed by atoms with Crippen molar-refractivity contribution < 1.29 is 19.2 Å². The third-order valence-electron chi connectivity index (χ3n) is 2.87. The van der Waals surface area contributed by atoms with Crippen LogP contribution in [-0.4, -0.2) is 28.3 Å². The van der Waals surface area contributed by atoms with Crippen LogP contribution in [0.4, 0.5) is 0 Å². The van der Waals surface area contributed by atoms with Crippen molar-refractivity contribution in [2.24, 2.45) is 0 Å². The lowest BCUT2D eigenvalue weighted by Gasteiger charge is -2.04. The Morgan fingerprint density at radius 2 is 2.26 bits per heavy atom. The number of H-pyrrole nitrogens is 1. The number of nitrogens with one attached hydrogen (secondary N) is 1. The van der Waals surface area contributed by atoms with Gasteiger partial charge in [-0.25, -0.2) is 4.79 Å². The number of ether oxygens (including phenoxy) is 1. The lowest BCUT2D eigenvalue weighted by Crippen LogP contribution is -1.91. The van der Waals surface area contributed by atoms with E-state index in [0.717, 1.165) is 16.5 Å². The number of hydrogen-bond acceptors (Lipinski definition) is 4. The smallest absolute Gasteiger partial charge is 0.374 e. The van der Waals surface area contributed by atoms with Gasteiger partial charge in [0.1, 0.15) is 11.4 Å². The van der Waals surface area contributed by atoms with Gasteiger partial charge in [0, 0.05) is 28.7 Å². The molecule has 0 amide bonds. The molecule has 2 N–H and O–H groups in total. The highest BCUT2D eigenvalue weighted by molar-refractivity contribution is 5.91. The Kier molecular flexibility index (Phi) is 2.49. The van der Waals surface area contributed by atoms with E-state index in [-0.39, 0.29) is 5.76 Å². The minimum Gasteiger partial charge on any atom is -0.496 e. The maximum Gasteiger partial charge on any atom is 0.374 e. The van der Waals surface area contributed by atoms with Crippen molar-refractivity contribution in [3.05, 3.63) is 36.2 Å². The molecule has 1 aromatic carbocycles. The average Bonchev–Trinajstić information content (AvgIpc) is 3.05. The van der Waals surface area contributed by atoms with E-state index in [9.17, 15) is 4.79 Å². The van der Waals surface area contributed by atoms with Crippen molar-refractivity contribution >= 4 is 16.9 Å². The number of carboxylic acids is 1. The zero-order valence-electron chi connectivity index (χ0n) is 10.0. The molecule has 0 aliphatic heterocycles. The Labute approximate surface area is 107 Å². The van der Waals surface area contributed by atoms with Crippen LogP contribution >= 0.6 is 0 Å². The minimum atomic E-state index is -1.15. The van der Waals surface area contributed by atoms with Gasteiger partial charge in [0.05, 0.1) is 7.11 Å². The van der Waals surface area contributed by atoms with Crippen LogP contribution in [0, 0.1) is 0 Å². The number of aromatic carboxylic acids is 1. The molecule has 96 valence electrons. The predicted octanol–water partition coefficient (Wildman–Crippen LogP) is 2.53. The molecule has 0 bridgehead atoms. The molecule has 0 spiro atoms. The monoisotopic (exact) mass is 258 g/mol. The number of aromatic amines is 1. The fourth-order valence-corrected chi connectivity index (χ4v) is 1.96. The third kappa shape index (κ3) is 1.83. The molecule has 3 aromatic rings. The Balaban J connectivity index is 2.15. The molecule has 19 heavy (non-hydrogen) atoms. The second-order valence-electron chi connectivity index (χ2n) is 4.00. The predicted molar refractivity (Wildman–Crippen MR) is 67.3 cm³/mol. The summed E-state index contributed by atoms with van der Waals surface area (Å²) in [5.74, 6) is -0.652. The molecule has 3 rings (SSSR count). The highest BCUT2D eigenvalue weighted by Gasteiger charge is 2.14. The molecule has 0 saturated heterocycles. The first-order valence-corrected chi connectivity index (χ1v) is 5.54. The Bertz CT molecular complexity index is 757. The van der Waals surface area contributed by atoms with E-state index in [1.807, 2.05) is 18.3 Å². The molecule has 6 heteroatoms. The third-order valence-corrected chi connectivity index (χ3v) is 2.87. The highest BCUT2D eigenvalue weighted by Crippen LogP contribution is 2.31. The van der Waals surface area contributed by atoms with Crippen LogP contribution in [-0.2, 0) is 0 Å². The van der Waals surface area contributed by atoms with Gasteiger partial charge in [-0.2, -0.15) is 0 Å². The Hall–Kier alpha value is -2.76. The summed E-state index contributed by atoms with van der Waals surface area (Å²) in [6.07, 6.45) is 1.81. The zero-order chi connectivity index (χ0) is 13.4. The van der Waals surface area contributed by atoms with Gasteiger partial charge in [-0.15, -0.1) is 0 Å². The van der Waals surface area contributed by atoms with Gasteiger partial charge < -0.3 is 19.4 Å². The molecule has 0 saturated carbocycles. The van der Waals surface area contributed by atoms with Gasteiger partial charge in [-0.1, -0.05) is 5.16 Å². The van der Waals surface area contributed by atoms with Crippen LogP contribution in [0.15, 0.2) is 35.0 Å². The Morgan fingerprint density at radius 1 is 1.42 bits per heavy atom. The summed E-state index contributed by atoms with van der Waals surface area (Å²) in [6, 6.07) is 6.94. The van der Waals surface area contributed by atoms with Crippen molar-refractivity contribution in [1.82, 2.24) is 10.1 Å². The quantitative estimate of drug-likeness (QED) is 0.753. The van der Waals surface area contributed by atoms with Crippen molar-refractivity contribution in [2.45, 2.75) is 0 Å². The number of aromatic nitrogens is 2. The van der Waals surface area contributed by atoms with Gasteiger partial charge in [-0.3, -0.25) is 0 Å². The first kappa shape index (κ1) is 11.3. The van der Waals surface area contributed by atoms with Crippen LogP contribution in [0.25, 0.3) is 22.2 Å². The molecule has 6 nitrogen and oxygen atoms in total. The Morgan fingerprint density at radius 3 is 2.95 bits per heavy atom.